The maximum atomic E-state index is 13.3. The number of nitrogens with zero attached hydrogens (tertiary/aromatic N) is 2. The van der Waals surface area contributed by atoms with E-state index in [2.05, 4.69) is 9.98 Å². The van der Waals surface area contributed by atoms with Gasteiger partial charge in [-0.1, -0.05) is 29.5 Å². The fourth-order valence-electron chi connectivity index (χ4n) is 4.01. The van der Waals surface area contributed by atoms with Crippen LogP contribution < -0.4 is 19.6 Å². The summed E-state index contributed by atoms with van der Waals surface area (Å²) in [5.74, 6) is -0.590. The molecule has 1 N–H and O–H groups in total. The van der Waals surface area contributed by atoms with Crippen molar-refractivity contribution in [2.75, 3.05) is 7.11 Å². The summed E-state index contributed by atoms with van der Waals surface area (Å²) in [4.78, 5) is 34.3. The molecule has 7 nitrogen and oxygen atoms in total. The molecule has 142 valence electrons. The number of esters is 1. The van der Waals surface area contributed by atoms with E-state index in [0.717, 1.165) is 11.3 Å². The molecule has 0 fully saturated rings. The molecule has 3 aromatic rings. The van der Waals surface area contributed by atoms with Crippen molar-refractivity contribution < 1.29 is 14.3 Å². The number of hydrogen-bond acceptors (Lipinski definition) is 6. The summed E-state index contributed by atoms with van der Waals surface area (Å²) in [7, 11) is 1.34. The molecule has 5 rings (SSSR count). The first-order valence-corrected chi connectivity index (χ1v) is 9.65. The van der Waals surface area contributed by atoms with Crippen LogP contribution in [-0.2, 0) is 9.53 Å². The van der Waals surface area contributed by atoms with E-state index >= 15 is 0 Å². The van der Waals surface area contributed by atoms with E-state index in [1.54, 1.807) is 23.8 Å². The van der Waals surface area contributed by atoms with E-state index in [0.29, 0.717) is 15.1 Å². The Balaban J connectivity index is 1.83. The normalized spacial score (nSPS) is 25.3. The summed E-state index contributed by atoms with van der Waals surface area (Å²) in [6.45, 7) is 1.76. The zero-order valence-corrected chi connectivity index (χ0v) is 16.0. The van der Waals surface area contributed by atoms with E-state index < -0.39 is 23.7 Å². The Hall–Kier alpha value is -3.13. The molecular formula is C20H17N3O4S. The van der Waals surface area contributed by atoms with Gasteiger partial charge in [0.15, 0.2) is 4.80 Å². The molecule has 8 heteroatoms. The lowest BCUT2D eigenvalue weighted by Crippen LogP contribution is -2.58. The monoisotopic (exact) mass is 395 g/mol. The van der Waals surface area contributed by atoms with Gasteiger partial charge in [-0.25, -0.2) is 4.99 Å². The standard InChI is InChI=1S/C20H17N3O4S/c1-20-15(18(25)26-2)16(12-7-3-4-8-13(12)27-20)23-17(24)14(28-19(23)22-20)10-11-6-5-9-21-11/h3-10,15-16,21H,1-2H3/b14-10-/t15-,16-,20+/m1/s1. The number of nitrogens with one attached hydrogen (secondary N) is 1. The second kappa shape index (κ2) is 5.93. The molecule has 0 saturated heterocycles. The van der Waals surface area contributed by atoms with E-state index in [1.165, 1.54) is 18.4 Å². The van der Waals surface area contributed by atoms with Crippen LogP contribution in [0.2, 0.25) is 0 Å². The van der Waals surface area contributed by atoms with Gasteiger partial charge in [0.05, 0.1) is 17.7 Å². The fourth-order valence-corrected chi connectivity index (χ4v) is 5.10. The number of benzene rings is 1. The lowest BCUT2D eigenvalue weighted by molar-refractivity contribution is -0.158. The highest BCUT2D eigenvalue weighted by Gasteiger charge is 2.55. The molecule has 1 aromatic carbocycles. The smallest absolute Gasteiger partial charge is 0.317 e. The van der Waals surface area contributed by atoms with Gasteiger partial charge in [-0.2, -0.15) is 0 Å². The molecule has 2 aromatic heterocycles. The van der Waals surface area contributed by atoms with Gasteiger partial charge in [-0.3, -0.25) is 14.2 Å². The van der Waals surface area contributed by atoms with Crippen LogP contribution in [0.15, 0.2) is 52.4 Å². The van der Waals surface area contributed by atoms with Crippen molar-refractivity contribution >= 4 is 23.4 Å². The number of thiazole rings is 1. The van der Waals surface area contributed by atoms with Crippen molar-refractivity contribution in [3.63, 3.8) is 0 Å². The highest BCUT2D eigenvalue weighted by atomic mass is 32.1. The Labute approximate surface area is 163 Å². The van der Waals surface area contributed by atoms with E-state index in [9.17, 15) is 9.59 Å². The van der Waals surface area contributed by atoms with Gasteiger partial charge in [-0.05, 0) is 31.2 Å². The van der Waals surface area contributed by atoms with Crippen LogP contribution in [0.5, 0.6) is 5.75 Å². The number of aromatic nitrogens is 2. The van der Waals surface area contributed by atoms with Crippen LogP contribution in [0.3, 0.4) is 0 Å². The molecule has 0 saturated carbocycles. The first-order valence-electron chi connectivity index (χ1n) is 8.84. The van der Waals surface area contributed by atoms with Gasteiger partial charge in [-0.15, -0.1) is 0 Å². The van der Waals surface area contributed by atoms with Crippen LogP contribution >= 0.6 is 11.3 Å². The van der Waals surface area contributed by atoms with E-state index in [4.69, 9.17) is 9.47 Å². The molecule has 4 heterocycles. The maximum Gasteiger partial charge on any atom is 0.317 e. The highest BCUT2D eigenvalue weighted by Crippen LogP contribution is 2.47. The minimum atomic E-state index is -1.15. The van der Waals surface area contributed by atoms with Gasteiger partial charge >= 0.3 is 5.97 Å². The molecule has 28 heavy (non-hydrogen) atoms. The lowest BCUT2D eigenvalue weighted by Gasteiger charge is -2.44. The predicted molar refractivity (Wildman–Crippen MR) is 103 cm³/mol. The maximum absolute atomic E-state index is 13.3. The Bertz CT molecular complexity index is 1260. The van der Waals surface area contributed by atoms with Crippen molar-refractivity contribution in [2.45, 2.75) is 18.7 Å². The Kier molecular flexibility index (Phi) is 3.60. The molecule has 0 aliphatic carbocycles. The van der Waals surface area contributed by atoms with E-state index in [-0.39, 0.29) is 5.56 Å². The summed E-state index contributed by atoms with van der Waals surface area (Å²) in [5.41, 5.74) is 0.271. The summed E-state index contributed by atoms with van der Waals surface area (Å²) >= 11 is 1.29. The molecule has 2 aliphatic heterocycles. The average Bonchev–Trinajstić information content (AvgIpc) is 3.28. The number of carbonyl (C=O) groups excluding carboxylic acids is 1. The SMILES string of the molecule is COC(=O)[C@H]1[C@H]2c3ccccc3O[C@]1(C)N=c1s/c(=C\c3ccc[nH]3)c(=O)n12. The van der Waals surface area contributed by atoms with Crippen molar-refractivity contribution in [2.24, 2.45) is 10.9 Å². The summed E-state index contributed by atoms with van der Waals surface area (Å²) in [6, 6.07) is 10.7. The number of H-pyrrole nitrogens is 1. The van der Waals surface area contributed by atoms with Gasteiger partial charge in [0.2, 0.25) is 5.72 Å². The predicted octanol–water partition coefficient (Wildman–Crippen LogP) is 1.19. The number of hydrogen-bond donors (Lipinski definition) is 1. The van der Waals surface area contributed by atoms with Crippen LogP contribution in [-0.4, -0.2) is 28.4 Å². The van der Waals surface area contributed by atoms with Crippen molar-refractivity contribution in [3.8, 4) is 5.75 Å². The number of fused-ring (bicyclic) bond motifs is 6. The fraction of sp³-hybridized carbons (Fsp3) is 0.250. The molecule has 3 atom stereocenters. The zero-order valence-electron chi connectivity index (χ0n) is 15.2. The second-order valence-corrected chi connectivity index (χ2v) is 7.95. The van der Waals surface area contributed by atoms with Crippen LogP contribution in [0, 0.1) is 5.92 Å². The number of ether oxygens (including phenoxy) is 2. The topological polar surface area (TPSA) is 85.7 Å². The minimum Gasteiger partial charge on any atom is -0.469 e. The summed E-state index contributed by atoms with van der Waals surface area (Å²) in [6.07, 6.45) is 3.59. The Morgan fingerprint density at radius 1 is 1.36 bits per heavy atom. The van der Waals surface area contributed by atoms with Crippen LogP contribution in [0.25, 0.3) is 6.08 Å². The second-order valence-electron chi connectivity index (χ2n) is 6.95. The first kappa shape index (κ1) is 17.0. The van der Waals surface area contributed by atoms with Crippen molar-refractivity contribution in [1.82, 2.24) is 9.55 Å². The average molecular weight is 395 g/mol. The third-order valence-electron chi connectivity index (χ3n) is 5.24. The molecule has 0 spiro atoms. The largest absolute Gasteiger partial charge is 0.469 e. The van der Waals surface area contributed by atoms with Crippen LogP contribution in [0.4, 0.5) is 0 Å². The van der Waals surface area contributed by atoms with Gasteiger partial charge < -0.3 is 14.5 Å². The Morgan fingerprint density at radius 2 is 2.18 bits per heavy atom. The van der Waals surface area contributed by atoms with Crippen molar-refractivity contribution in [3.05, 3.63) is 73.5 Å². The third-order valence-corrected chi connectivity index (χ3v) is 6.23. The molecule has 2 aliphatic rings. The molecule has 0 amide bonds. The van der Waals surface area contributed by atoms with E-state index in [1.807, 2.05) is 36.4 Å². The number of carbonyl (C=O) groups is 1. The first-order chi connectivity index (χ1) is 13.5. The lowest BCUT2D eigenvalue weighted by atomic mass is 9.81. The zero-order chi connectivity index (χ0) is 19.5. The molecule has 2 bridgehead atoms. The summed E-state index contributed by atoms with van der Waals surface area (Å²) in [5, 5.41) is 0. The van der Waals surface area contributed by atoms with Gasteiger partial charge in [0.25, 0.3) is 5.56 Å². The third kappa shape index (κ3) is 2.31. The van der Waals surface area contributed by atoms with Gasteiger partial charge in [0, 0.05) is 17.5 Å². The number of methoxy groups -OCH3 is 1. The highest BCUT2D eigenvalue weighted by molar-refractivity contribution is 7.07. The quantitative estimate of drug-likeness (QED) is 0.661. The number of rotatable bonds is 2. The molecular weight excluding hydrogens is 378 g/mol. The molecule has 0 radical (unpaired) electrons. The number of aromatic amines is 1. The van der Waals surface area contributed by atoms with Gasteiger partial charge in [0.1, 0.15) is 11.7 Å². The summed E-state index contributed by atoms with van der Waals surface area (Å²) < 4.78 is 13.3. The van der Waals surface area contributed by atoms with Crippen molar-refractivity contribution in [1.29, 1.82) is 0 Å². The number of para-hydroxylation sites is 1. The minimum absolute atomic E-state index is 0.184. The molecule has 0 unspecified atom stereocenters. The van der Waals surface area contributed by atoms with Crippen LogP contribution in [0.1, 0.15) is 24.2 Å². The Morgan fingerprint density at radius 3 is 2.93 bits per heavy atom.